The summed E-state index contributed by atoms with van der Waals surface area (Å²) in [7, 11) is -3.96. The van der Waals surface area contributed by atoms with Crippen molar-refractivity contribution >= 4 is 45.8 Å². The van der Waals surface area contributed by atoms with Gasteiger partial charge in [-0.3, -0.25) is 28.8 Å². The Kier molecular flexibility index (Phi) is 11.6. The van der Waals surface area contributed by atoms with E-state index in [1.54, 1.807) is 11.0 Å². The van der Waals surface area contributed by atoms with Crippen molar-refractivity contribution in [2.24, 2.45) is 11.3 Å². The summed E-state index contributed by atoms with van der Waals surface area (Å²) >= 11 is 0. The molecule has 3 N–H and O–H groups in total. The number of nitrogens with one attached hydrogen (secondary N) is 3. The molecule has 1 saturated heterocycles. The predicted octanol–water partition coefficient (Wildman–Crippen LogP) is 2.80. The maximum absolute atomic E-state index is 14.8. The highest BCUT2D eigenvalue weighted by Crippen LogP contribution is 2.46. The first-order valence-electron chi connectivity index (χ1n) is 20.3. The number of aryl methyl sites for hydroxylation is 1. The maximum atomic E-state index is 14.8. The molecule has 1 aromatic carbocycles. The van der Waals surface area contributed by atoms with Crippen molar-refractivity contribution in [1.29, 1.82) is 0 Å². The van der Waals surface area contributed by atoms with Gasteiger partial charge in [0.2, 0.25) is 27.7 Å². The summed E-state index contributed by atoms with van der Waals surface area (Å²) in [5.41, 5.74) is 1.24. The lowest BCUT2D eigenvalue weighted by Crippen LogP contribution is -2.60. The van der Waals surface area contributed by atoms with E-state index in [-0.39, 0.29) is 39.1 Å². The summed E-state index contributed by atoms with van der Waals surface area (Å²) in [6.45, 7) is 8.03. The number of ether oxygens (including phenoxy) is 2. The maximum Gasteiger partial charge on any atom is 0.410 e. The van der Waals surface area contributed by atoms with Crippen LogP contribution in [-0.4, -0.2) is 114 Å². The van der Waals surface area contributed by atoms with E-state index in [2.05, 4.69) is 28.0 Å². The van der Waals surface area contributed by atoms with Crippen LogP contribution in [0.2, 0.25) is 0 Å². The number of rotatable bonds is 4. The molecule has 3 fully saturated rings. The summed E-state index contributed by atoms with van der Waals surface area (Å²) in [4.78, 5) is 87.6. The highest BCUT2D eigenvalue weighted by Gasteiger charge is 2.62. The van der Waals surface area contributed by atoms with Crippen LogP contribution in [0.3, 0.4) is 0 Å². The second kappa shape index (κ2) is 16.4. The molecule has 17 heteroatoms. The van der Waals surface area contributed by atoms with E-state index >= 15 is 0 Å². The van der Waals surface area contributed by atoms with E-state index in [1.807, 2.05) is 32.1 Å². The van der Waals surface area contributed by atoms with Gasteiger partial charge in [0.05, 0.1) is 24.9 Å². The van der Waals surface area contributed by atoms with Gasteiger partial charge >= 0.3 is 12.2 Å². The summed E-state index contributed by atoms with van der Waals surface area (Å²) < 4.78 is 39.7. The van der Waals surface area contributed by atoms with Crippen LogP contribution in [0.15, 0.2) is 43.0 Å². The van der Waals surface area contributed by atoms with Gasteiger partial charge in [0, 0.05) is 32.0 Å². The number of nitrogens with zero attached hydrogens (tertiary/aromatic N) is 3. The fraction of sp³-hybridized carbons (Fsp3) is 0.610. The van der Waals surface area contributed by atoms with Crippen LogP contribution in [0.4, 0.5) is 9.59 Å². The van der Waals surface area contributed by atoms with Crippen molar-refractivity contribution in [1.82, 2.24) is 30.1 Å². The zero-order valence-corrected chi connectivity index (χ0v) is 34.0. The first kappa shape index (κ1) is 41.2. The van der Waals surface area contributed by atoms with E-state index in [1.165, 1.54) is 9.80 Å². The Balaban J connectivity index is 1.22. The Morgan fingerprint density at radius 1 is 1.03 bits per heavy atom. The highest BCUT2D eigenvalue weighted by atomic mass is 32.2. The van der Waals surface area contributed by atoms with Gasteiger partial charge < -0.3 is 29.9 Å². The van der Waals surface area contributed by atoms with Crippen LogP contribution < -0.4 is 15.4 Å². The van der Waals surface area contributed by atoms with Crippen molar-refractivity contribution in [3.8, 4) is 0 Å². The van der Waals surface area contributed by atoms with Crippen LogP contribution in [-0.2, 0) is 58.2 Å². The third-order valence-corrected chi connectivity index (χ3v) is 14.0. The summed E-state index contributed by atoms with van der Waals surface area (Å²) in [6, 6.07) is 3.35. The number of amides is 6. The first-order valence-corrected chi connectivity index (χ1v) is 21.9. The van der Waals surface area contributed by atoms with Crippen LogP contribution >= 0.6 is 0 Å². The smallest absolute Gasteiger partial charge is 0.410 e. The third kappa shape index (κ3) is 9.03. The molecule has 7 rings (SSSR count). The normalized spacial score (nSPS) is 30.0. The molecule has 5 atom stereocenters. The van der Waals surface area contributed by atoms with E-state index < -0.39 is 86.1 Å². The van der Waals surface area contributed by atoms with Crippen molar-refractivity contribution < 1.29 is 46.7 Å². The molecule has 4 aliphatic heterocycles. The largest absolute Gasteiger partial charge is 0.449 e. The number of carbonyl (C=O) groups excluding carboxylic acids is 6. The fourth-order valence-electron chi connectivity index (χ4n) is 8.54. The number of sulfonamides is 1. The molecule has 314 valence electrons. The van der Waals surface area contributed by atoms with Gasteiger partial charge in [-0.05, 0) is 79.5 Å². The predicted molar refractivity (Wildman–Crippen MR) is 210 cm³/mol. The lowest BCUT2D eigenvalue weighted by Gasteiger charge is -2.32. The van der Waals surface area contributed by atoms with Crippen LogP contribution in [0.1, 0.15) is 88.3 Å². The van der Waals surface area contributed by atoms with Gasteiger partial charge in [-0.1, -0.05) is 57.2 Å². The van der Waals surface area contributed by atoms with Crippen LogP contribution in [0, 0.1) is 11.3 Å². The Hall–Kier alpha value is -4.93. The van der Waals surface area contributed by atoms with Crippen molar-refractivity contribution in [2.45, 2.75) is 120 Å². The van der Waals surface area contributed by atoms with Gasteiger partial charge in [0.15, 0.2) is 0 Å². The lowest BCUT2D eigenvalue weighted by atomic mass is 9.87. The molecule has 2 saturated carbocycles. The van der Waals surface area contributed by atoms with E-state index in [0.29, 0.717) is 38.8 Å². The molecule has 0 spiro atoms. The second-order valence-corrected chi connectivity index (χ2v) is 19.3. The zero-order valence-electron chi connectivity index (χ0n) is 33.2. The second-order valence-electron chi connectivity index (χ2n) is 17.3. The number of cyclic esters (lactones) is 1. The molecule has 1 aromatic rings. The minimum Gasteiger partial charge on any atom is -0.449 e. The Bertz CT molecular complexity index is 2000. The molecule has 0 aromatic heterocycles. The standard InChI is InChI=1S/C41H54N6O10S/c1-4-34(48)45-18-9-5-6-14-28-20-41(28,37(51)44-58(54,55)30-15-16-30)43-35(49)33-19-29-22-47(33)36(50)32(24-45)42-38(52)56-25-40(2,3)17-8-7-11-26-12-10-13-27-21-46(23-31(26)27)39(53)57-29/h4,6,10,12-14,28-30,32-33H,1,5,7-9,11,15-25H2,2-3H3,(H,42,52)(H,43,49)(H,44,51)/b14-6-. The van der Waals surface area contributed by atoms with Gasteiger partial charge in [0.25, 0.3) is 5.91 Å². The average molecular weight is 823 g/mol. The molecule has 58 heavy (non-hydrogen) atoms. The monoisotopic (exact) mass is 822 g/mol. The third-order valence-electron chi connectivity index (χ3n) is 12.2. The van der Waals surface area contributed by atoms with Gasteiger partial charge in [0.1, 0.15) is 23.7 Å². The number of carbonyl (C=O) groups is 6. The van der Waals surface area contributed by atoms with E-state index in [0.717, 1.165) is 48.4 Å². The topological polar surface area (TPSA) is 201 Å². The number of allylic oxidation sites excluding steroid dienone is 1. The molecule has 5 unspecified atom stereocenters. The van der Waals surface area contributed by atoms with Gasteiger partial charge in [-0.2, -0.15) is 0 Å². The number of hydrogen-bond acceptors (Lipinski definition) is 10. The summed E-state index contributed by atoms with van der Waals surface area (Å²) in [5.74, 6) is -3.38. The number of alkyl carbamates (subject to hydrolysis) is 1. The van der Waals surface area contributed by atoms with Gasteiger partial charge in [-0.15, -0.1) is 0 Å². The molecule has 6 amide bonds. The Morgan fingerprint density at radius 2 is 1.81 bits per heavy atom. The summed E-state index contributed by atoms with van der Waals surface area (Å²) in [5, 5.41) is 4.79. The number of fused-ring (bicyclic) bond motifs is 4. The molecule has 5 bridgehead atoms. The van der Waals surface area contributed by atoms with Crippen molar-refractivity contribution in [2.75, 3.05) is 26.2 Å². The lowest BCUT2D eigenvalue weighted by molar-refractivity contribution is -0.142. The first-order chi connectivity index (χ1) is 27.6. The van der Waals surface area contributed by atoms with Crippen molar-refractivity contribution in [3.05, 3.63) is 59.7 Å². The fourth-order valence-corrected chi connectivity index (χ4v) is 9.90. The zero-order chi connectivity index (χ0) is 41.4. The molecule has 2 aliphatic carbocycles. The van der Waals surface area contributed by atoms with Crippen LogP contribution in [0.5, 0.6) is 0 Å². The molecule has 16 nitrogen and oxygen atoms in total. The van der Waals surface area contributed by atoms with E-state index in [4.69, 9.17) is 9.47 Å². The Labute approximate surface area is 339 Å². The minimum absolute atomic E-state index is 0.0611. The molecular weight excluding hydrogens is 769 g/mol. The Morgan fingerprint density at radius 3 is 2.57 bits per heavy atom. The highest BCUT2D eigenvalue weighted by molar-refractivity contribution is 7.91. The molecule has 4 heterocycles. The molecule has 6 aliphatic rings. The average Bonchev–Trinajstić information content (AvgIpc) is 4.07. The quantitative estimate of drug-likeness (QED) is 0.300. The van der Waals surface area contributed by atoms with Gasteiger partial charge in [-0.25, -0.2) is 18.0 Å². The van der Waals surface area contributed by atoms with Crippen LogP contribution in [0.25, 0.3) is 0 Å². The van der Waals surface area contributed by atoms with E-state index in [9.17, 15) is 37.2 Å². The molecular formula is C41H54N6O10S. The summed E-state index contributed by atoms with van der Waals surface area (Å²) in [6.07, 6.45) is 7.27. The molecule has 0 radical (unpaired) electrons. The minimum atomic E-state index is -3.96. The van der Waals surface area contributed by atoms with Crippen molar-refractivity contribution in [3.63, 3.8) is 0 Å². The number of benzene rings is 1. The number of hydrogen-bond donors (Lipinski definition) is 3. The SMILES string of the molecule is C=CC(=O)N1CCC/C=C\C2CC2(C(=O)NS(=O)(=O)C2CC2)NC(=O)C2CC3CN2C(=O)C(C1)NC(=O)OCC(C)(C)CCCCc1cccc2c1CN(C2)C(=O)O3.